The minimum absolute atomic E-state index is 0.220. The number of anilines is 2. The van der Waals surface area contributed by atoms with E-state index >= 15 is 0 Å². The molecule has 0 bridgehead atoms. The van der Waals surface area contributed by atoms with Crippen molar-refractivity contribution in [2.45, 2.75) is 39.8 Å². The maximum atomic E-state index is 12.9. The van der Waals surface area contributed by atoms with E-state index in [-0.39, 0.29) is 17.3 Å². The van der Waals surface area contributed by atoms with Crippen LogP contribution in [0.5, 0.6) is 0 Å². The van der Waals surface area contributed by atoms with Gasteiger partial charge in [-0.3, -0.25) is 4.79 Å². The zero-order valence-corrected chi connectivity index (χ0v) is 12.4. The van der Waals surface area contributed by atoms with Crippen LogP contribution in [-0.4, -0.2) is 12.5 Å². The average Bonchev–Trinajstić information content (AvgIpc) is 2.33. The lowest BCUT2D eigenvalue weighted by molar-refractivity contribution is -0.137. The van der Waals surface area contributed by atoms with Crippen molar-refractivity contribution in [1.82, 2.24) is 0 Å². The number of alkyl halides is 3. The summed E-state index contributed by atoms with van der Waals surface area (Å²) in [5, 5.41) is 0. The molecule has 0 fully saturated rings. The van der Waals surface area contributed by atoms with E-state index < -0.39 is 11.7 Å². The van der Waals surface area contributed by atoms with Crippen LogP contribution in [0.4, 0.5) is 24.5 Å². The van der Waals surface area contributed by atoms with Gasteiger partial charge in [0.15, 0.2) is 0 Å². The predicted molar refractivity (Wildman–Crippen MR) is 77.7 cm³/mol. The number of carbonyl (C=O) groups is 1. The Hall–Kier alpha value is -1.72. The second-order valence-corrected chi connectivity index (χ2v) is 5.25. The number of nitrogens with zero attached hydrogens (tertiary/aromatic N) is 1. The average molecular weight is 301 g/mol. The second-order valence-electron chi connectivity index (χ2n) is 5.25. The Morgan fingerprint density at radius 1 is 1.24 bits per heavy atom. The number of nitrogen functional groups attached to an aromatic ring is 1. The molecule has 3 nitrogen and oxygen atoms in total. The number of nitrogens with two attached hydrogens (primary N) is 1. The Kier molecular flexibility index (Phi) is 5.63. The van der Waals surface area contributed by atoms with E-state index in [1.807, 2.05) is 13.8 Å². The molecule has 0 heterocycles. The van der Waals surface area contributed by atoms with E-state index in [2.05, 4.69) is 0 Å². The Morgan fingerprint density at radius 2 is 1.86 bits per heavy atom. The van der Waals surface area contributed by atoms with Crippen LogP contribution in [0.25, 0.3) is 0 Å². The summed E-state index contributed by atoms with van der Waals surface area (Å²) < 4.78 is 38.6. The Labute approximate surface area is 122 Å². The van der Waals surface area contributed by atoms with Crippen molar-refractivity contribution >= 4 is 17.3 Å². The highest BCUT2D eigenvalue weighted by Gasteiger charge is 2.33. The molecule has 0 aliphatic rings. The molecule has 0 spiro atoms. The van der Waals surface area contributed by atoms with E-state index in [1.165, 1.54) is 29.9 Å². The lowest BCUT2D eigenvalue weighted by atomic mass is 10.1. The van der Waals surface area contributed by atoms with Crippen molar-refractivity contribution in [2.75, 3.05) is 17.2 Å². The number of halogens is 3. The van der Waals surface area contributed by atoms with Gasteiger partial charge in [0, 0.05) is 24.8 Å². The monoisotopic (exact) mass is 301 g/mol. The van der Waals surface area contributed by atoms with Crippen LogP contribution in [0.1, 0.15) is 39.2 Å². The first kappa shape index (κ1) is 17.3. The van der Waals surface area contributed by atoms with Crippen LogP contribution in [0.3, 0.4) is 0 Å². The second kappa shape index (κ2) is 6.83. The molecule has 6 heteroatoms. The molecule has 21 heavy (non-hydrogen) atoms. The van der Waals surface area contributed by atoms with Gasteiger partial charge in [-0.1, -0.05) is 13.8 Å². The van der Waals surface area contributed by atoms with E-state index in [1.54, 1.807) is 0 Å². The van der Waals surface area contributed by atoms with Crippen LogP contribution in [0, 0.1) is 5.92 Å². The van der Waals surface area contributed by atoms with E-state index in [9.17, 15) is 18.0 Å². The van der Waals surface area contributed by atoms with Crippen LogP contribution in [0.2, 0.25) is 0 Å². The third-order valence-electron chi connectivity index (χ3n) is 3.09. The highest BCUT2D eigenvalue weighted by molar-refractivity contribution is 5.91. The third-order valence-corrected chi connectivity index (χ3v) is 3.09. The van der Waals surface area contributed by atoms with Gasteiger partial charge in [0.1, 0.15) is 0 Å². The summed E-state index contributed by atoms with van der Waals surface area (Å²) in [6.07, 6.45) is -3.01. The zero-order chi connectivity index (χ0) is 16.2. The quantitative estimate of drug-likeness (QED) is 0.834. The van der Waals surface area contributed by atoms with Crippen molar-refractivity contribution in [2.24, 2.45) is 0 Å². The topological polar surface area (TPSA) is 46.3 Å². The normalized spacial score (nSPS) is 11.8. The smallest absolute Gasteiger partial charge is 0.398 e. The molecule has 1 amide bonds. The first-order valence-corrected chi connectivity index (χ1v) is 6.66. The van der Waals surface area contributed by atoms with Crippen molar-refractivity contribution in [3.05, 3.63) is 29.7 Å². The van der Waals surface area contributed by atoms with Gasteiger partial charge in [0.25, 0.3) is 0 Å². The summed E-state index contributed by atoms with van der Waals surface area (Å²) in [5.74, 6) is 0.924. The molecule has 1 rings (SSSR count). The van der Waals surface area contributed by atoms with Gasteiger partial charge < -0.3 is 10.6 Å². The van der Waals surface area contributed by atoms with Gasteiger partial charge >= 0.3 is 6.18 Å². The van der Waals surface area contributed by atoms with Gasteiger partial charge in [-0.25, -0.2) is 0 Å². The number of benzene rings is 1. The lowest BCUT2D eigenvalue weighted by Crippen LogP contribution is -2.30. The zero-order valence-electron chi connectivity index (χ0n) is 12.4. The van der Waals surface area contributed by atoms with E-state index in [0.29, 0.717) is 13.0 Å². The Balaban J connectivity index is 3.01. The number of carbonyl (C=O) groups excluding carboxylic acids is 1. The fraction of sp³-hybridized carbons (Fsp3) is 0.467. The SMILES string of the molecule is C[C](C)CCCN(C(C)=O)c1ccc(N)c(C(F)(F)F)c1. The summed E-state index contributed by atoms with van der Waals surface area (Å²) in [6.45, 7) is 5.67. The summed E-state index contributed by atoms with van der Waals surface area (Å²) in [4.78, 5) is 13.0. The number of rotatable bonds is 5. The molecular weight excluding hydrogens is 281 g/mol. The molecule has 0 aromatic heterocycles. The molecule has 0 aliphatic carbocycles. The van der Waals surface area contributed by atoms with Gasteiger partial charge in [0.05, 0.1) is 5.56 Å². The number of hydrogen-bond donors (Lipinski definition) is 1. The molecule has 0 aliphatic heterocycles. The number of amides is 1. The van der Waals surface area contributed by atoms with Crippen LogP contribution in [0.15, 0.2) is 18.2 Å². The van der Waals surface area contributed by atoms with E-state index in [4.69, 9.17) is 5.73 Å². The van der Waals surface area contributed by atoms with Gasteiger partial charge in [0.2, 0.25) is 5.91 Å². The molecular formula is C15H20F3N2O. The fourth-order valence-electron chi connectivity index (χ4n) is 2.02. The van der Waals surface area contributed by atoms with Crippen LogP contribution < -0.4 is 10.6 Å². The maximum Gasteiger partial charge on any atom is 0.418 e. The first-order chi connectivity index (χ1) is 9.62. The molecule has 2 N–H and O–H groups in total. The Bertz CT molecular complexity index is 498. The molecule has 0 atom stereocenters. The summed E-state index contributed by atoms with van der Waals surface area (Å²) in [5.41, 5.74) is 4.33. The first-order valence-electron chi connectivity index (χ1n) is 6.66. The highest BCUT2D eigenvalue weighted by Crippen LogP contribution is 2.36. The molecule has 1 aromatic carbocycles. The van der Waals surface area contributed by atoms with Crippen molar-refractivity contribution in [1.29, 1.82) is 0 Å². The lowest BCUT2D eigenvalue weighted by Gasteiger charge is -2.23. The van der Waals surface area contributed by atoms with E-state index in [0.717, 1.165) is 12.5 Å². The summed E-state index contributed by atoms with van der Waals surface area (Å²) >= 11 is 0. The standard InChI is InChI=1S/C15H20F3N2O/c1-10(2)5-4-8-20(11(3)21)12-6-7-14(19)13(9-12)15(16,17)18/h6-7,9H,4-5,8,19H2,1-3H3. The minimum Gasteiger partial charge on any atom is -0.398 e. The van der Waals surface area contributed by atoms with Gasteiger partial charge in [-0.15, -0.1) is 0 Å². The largest absolute Gasteiger partial charge is 0.418 e. The van der Waals surface area contributed by atoms with Crippen LogP contribution in [-0.2, 0) is 11.0 Å². The minimum atomic E-state index is -4.53. The fourth-order valence-corrected chi connectivity index (χ4v) is 2.02. The molecule has 0 saturated heterocycles. The predicted octanol–water partition coefficient (Wildman–Crippen LogP) is 4.03. The maximum absolute atomic E-state index is 12.9. The Morgan fingerprint density at radius 3 is 2.33 bits per heavy atom. The summed E-state index contributed by atoms with van der Waals surface area (Å²) in [6, 6.07) is 3.55. The molecule has 1 radical (unpaired) electrons. The molecule has 1 aromatic rings. The number of hydrogen-bond acceptors (Lipinski definition) is 2. The van der Waals surface area contributed by atoms with Crippen molar-refractivity contribution in [3.8, 4) is 0 Å². The summed E-state index contributed by atoms with van der Waals surface area (Å²) in [7, 11) is 0. The highest BCUT2D eigenvalue weighted by atomic mass is 19.4. The molecule has 0 unspecified atom stereocenters. The molecule has 0 saturated carbocycles. The van der Waals surface area contributed by atoms with Gasteiger partial charge in [-0.05, 0) is 37.0 Å². The van der Waals surface area contributed by atoms with Gasteiger partial charge in [-0.2, -0.15) is 13.2 Å². The van der Waals surface area contributed by atoms with Crippen molar-refractivity contribution < 1.29 is 18.0 Å². The molecule has 117 valence electrons. The van der Waals surface area contributed by atoms with Crippen LogP contribution >= 0.6 is 0 Å². The van der Waals surface area contributed by atoms with Crippen molar-refractivity contribution in [3.63, 3.8) is 0 Å². The third kappa shape index (κ3) is 4.95.